The fourth-order valence-corrected chi connectivity index (χ4v) is 4.41. The number of esters is 1. The van der Waals surface area contributed by atoms with Crippen molar-refractivity contribution in [3.63, 3.8) is 0 Å². The lowest BCUT2D eigenvalue weighted by molar-refractivity contribution is 0.0513. The zero-order valence-corrected chi connectivity index (χ0v) is 21.7. The molecule has 1 aliphatic rings. The molecule has 0 aromatic heterocycles. The number of nitrogens with zero attached hydrogens (tertiary/aromatic N) is 2. The summed E-state index contributed by atoms with van der Waals surface area (Å²) in [6.07, 6.45) is 0. The number of hydrogen-bond donors (Lipinski definition) is 1. The van der Waals surface area contributed by atoms with Gasteiger partial charge in [0.1, 0.15) is 0 Å². The predicted molar refractivity (Wildman–Crippen MR) is 143 cm³/mol. The number of carbonyl (C=O) groups excluding carboxylic acids is 3. The summed E-state index contributed by atoms with van der Waals surface area (Å²) >= 11 is 0. The Hall–Kier alpha value is -4.53. The molecule has 1 fully saturated rings. The highest BCUT2D eigenvalue weighted by molar-refractivity contribution is 5.96. The van der Waals surface area contributed by atoms with Crippen LogP contribution < -0.4 is 14.8 Å². The molecular weight excluding hydrogens is 486 g/mol. The lowest BCUT2D eigenvalue weighted by atomic mass is 10.0. The van der Waals surface area contributed by atoms with E-state index in [1.807, 2.05) is 30.3 Å². The molecule has 1 heterocycles. The Morgan fingerprint density at radius 1 is 0.868 bits per heavy atom. The van der Waals surface area contributed by atoms with Gasteiger partial charge in [-0.3, -0.25) is 4.79 Å². The van der Waals surface area contributed by atoms with Crippen molar-refractivity contribution >= 4 is 23.6 Å². The minimum atomic E-state index is -0.411. The van der Waals surface area contributed by atoms with E-state index < -0.39 is 5.97 Å². The molecule has 0 radical (unpaired) electrons. The molecule has 4 rings (SSSR count). The number of urea groups is 1. The second-order valence-electron chi connectivity index (χ2n) is 8.67. The summed E-state index contributed by atoms with van der Waals surface area (Å²) in [5.74, 6) is 0.447. The number of methoxy groups -OCH3 is 2. The Kier molecular flexibility index (Phi) is 8.47. The summed E-state index contributed by atoms with van der Waals surface area (Å²) in [5, 5.41) is 2.89. The first-order valence-corrected chi connectivity index (χ1v) is 12.4. The molecule has 3 aromatic rings. The van der Waals surface area contributed by atoms with Crippen molar-refractivity contribution in [2.75, 3.05) is 45.8 Å². The highest BCUT2D eigenvalue weighted by atomic mass is 16.5. The third-order valence-electron chi connectivity index (χ3n) is 6.39. The minimum absolute atomic E-state index is 0.158. The van der Waals surface area contributed by atoms with Crippen LogP contribution in [0.5, 0.6) is 11.5 Å². The van der Waals surface area contributed by atoms with Crippen molar-refractivity contribution in [1.29, 1.82) is 0 Å². The van der Waals surface area contributed by atoms with Crippen LogP contribution in [0.15, 0.2) is 72.8 Å². The fraction of sp³-hybridized carbons (Fsp3) is 0.276. The van der Waals surface area contributed by atoms with E-state index in [4.69, 9.17) is 14.2 Å². The molecule has 3 amide bonds. The van der Waals surface area contributed by atoms with E-state index in [0.717, 1.165) is 5.56 Å². The Bertz CT molecular complexity index is 1280. The molecule has 1 N–H and O–H groups in total. The Labute approximate surface area is 221 Å². The number of carbonyl (C=O) groups is 3. The van der Waals surface area contributed by atoms with E-state index in [9.17, 15) is 14.4 Å². The zero-order valence-electron chi connectivity index (χ0n) is 21.7. The van der Waals surface area contributed by atoms with Crippen LogP contribution in [0, 0.1) is 0 Å². The van der Waals surface area contributed by atoms with Gasteiger partial charge in [-0.15, -0.1) is 0 Å². The van der Waals surface area contributed by atoms with Gasteiger partial charge >= 0.3 is 12.0 Å². The van der Waals surface area contributed by atoms with Gasteiger partial charge in [0.15, 0.2) is 11.5 Å². The maximum absolute atomic E-state index is 13.6. The van der Waals surface area contributed by atoms with Crippen molar-refractivity contribution in [2.45, 2.75) is 13.0 Å². The van der Waals surface area contributed by atoms with Crippen LogP contribution in [0.2, 0.25) is 0 Å². The monoisotopic (exact) mass is 517 g/mol. The number of ether oxygens (including phenoxy) is 3. The smallest absolute Gasteiger partial charge is 0.338 e. The summed E-state index contributed by atoms with van der Waals surface area (Å²) in [6, 6.07) is 20.7. The van der Waals surface area contributed by atoms with Gasteiger partial charge in [-0.25, -0.2) is 9.59 Å². The van der Waals surface area contributed by atoms with Crippen molar-refractivity contribution in [3.8, 4) is 11.5 Å². The average molecular weight is 518 g/mol. The molecule has 1 unspecified atom stereocenters. The van der Waals surface area contributed by atoms with Crippen molar-refractivity contribution in [3.05, 3.63) is 89.5 Å². The van der Waals surface area contributed by atoms with Gasteiger partial charge in [0.2, 0.25) is 0 Å². The molecule has 1 atom stereocenters. The maximum atomic E-state index is 13.6. The van der Waals surface area contributed by atoms with E-state index in [1.165, 1.54) is 7.11 Å². The number of anilines is 1. The van der Waals surface area contributed by atoms with E-state index in [0.29, 0.717) is 54.6 Å². The predicted octanol–water partition coefficient (Wildman–Crippen LogP) is 4.61. The van der Waals surface area contributed by atoms with Gasteiger partial charge in [0.05, 0.1) is 32.4 Å². The number of rotatable bonds is 7. The number of amides is 3. The maximum Gasteiger partial charge on any atom is 0.338 e. The van der Waals surface area contributed by atoms with Gasteiger partial charge in [-0.05, 0) is 55.0 Å². The highest BCUT2D eigenvalue weighted by Gasteiger charge is 2.34. The van der Waals surface area contributed by atoms with Gasteiger partial charge in [0, 0.05) is 30.9 Å². The molecule has 0 bridgehead atoms. The topological polar surface area (TPSA) is 97.4 Å². The fourth-order valence-electron chi connectivity index (χ4n) is 4.41. The molecule has 9 heteroatoms. The van der Waals surface area contributed by atoms with Gasteiger partial charge in [0.25, 0.3) is 5.91 Å². The van der Waals surface area contributed by atoms with Crippen LogP contribution in [0.3, 0.4) is 0 Å². The Morgan fingerprint density at radius 3 is 2.21 bits per heavy atom. The first-order chi connectivity index (χ1) is 18.4. The number of nitrogens with one attached hydrogen (secondary N) is 1. The molecule has 1 saturated heterocycles. The second-order valence-corrected chi connectivity index (χ2v) is 8.67. The Morgan fingerprint density at radius 2 is 1.55 bits per heavy atom. The number of benzene rings is 3. The van der Waals surface area contributed by atoms with Crippen LogP contribution in [-0.2, 0) is 4.74 Å². The lowest BCUT2D eigenvalue weighted by Gasteiger charge is -2.41. The quantitative estimate of drug-likeness (QED) is 0.460. The molecule has 9 nitrogen and oxygen atoms in total. The SMILES string of the molecule is CCOC(=O)c1ccc(NC(=O)N2CCN(C(=O)c3ccc(OC)c(OC)c3)C(c3ccccc3)C2)cc1. The normalized spacial score (nSPS) is 15.0. The molecule has 0 saturated carbocycles. The summed E-state index contributed by atoms with van der Waals surface area (Å²) in [7, 11) is 3.07. The highest BCUT2D eigenvalue weighted by Crippen LogP contribution is 2.31. The first kappa shape index (κ1) is 26.5. The van der Waals surface area contributed by atoms with Crippen LogP contribution in [0.1, 0.15) is 39.2 Å². The lowest BCUT2D eigenvalue weighted by Crippen LogP contribution is -2.53. The van der Waals surface area contributed by atoms with Gasteiger partial charge < -0.3 is 29.3 Å². The van der Waals surface area contributed by atoms with E-state index >= 15 is 0 Å². The molecule has 0 spiro atoms. The molecule has 198 valence electrons. The number of piperazine rings is 1. The molecule has 0 aliphatic carbocycles. The third-order valence-corrected chi connectivity index (χ3v) is 6.39. The van der Waals surface area contributed by atoms with Crippen molar-refractivity contribution < 1.29 is 28.6 Å². The molecule has 1 aliphatic heterocycles. The van der Waals surface area contributed by atoms with E-state index in [2.05, 4.69) is 5.32 Å². The summed E-state index contributed by atoms with van der Waals surface area (Å²) in [4.78, 5) is 42.1. The van der Waals surface area contributed by atoms with Crippen LogP contribution in [-0.4, -0.2) is 68.2 Å². The van der Waals surface area contributed by atoms with Gasteiger partial charge in [-0.1, -0.05) is 30.3 Å². The summed E-state index contributed by atoms with van der Waals surface area (Å²) in [6.45, 7) is 3.06. The number of hydrogen-bond acceptors (Lipinski definition) is 6. The van der Waals surface area contributed by atoms with Crippen molar-refractivity contribution in [2.24, 2.45) is 0 Å². The second kappa shape index (κ2) is 12.1. The van der Waals surface area contributed by atoms with Crippen LogP contribution in [0.4, 0.5) is 10.5 Å². The average Bonchev–Trinajstić information content (AvgIpc) is 2.97. The largest absolute Gasteiger partial charge is 0.493 e. The summed E-state index contributed by atoms with van der Waals surface area (Å²) in [5.41, 5.74) is 2.38. The van der Waals surface area contributed by atoms with Gasteiger partial charge in [-0.2, -0.15) is 0 Å². The van der Waals surface area contributed by atoms with Crippen LogP contribution >= 0.6 is 0 Å². The minimum Gasteiger partial charge on any atom is -0.493 e. The van der Waals surface area contributed by atoms with E-state index in [-0.39, 0.29) is 18.0 Å². The molecule has 38 heavy (non-hydrogen) atoms. The van der Waals surface area contributed by atoms with Crippen molar-refractivity contribution in [1.82, 2.24) is 9.80 Å². The standard InChI is InChI=1S/C29H31N3O6/c1-4-38-28(34)21-10-13-23(14-11-21)30-29(35)31-16-17-32(24(19-31)20-8-6-5-7-9-20)27(33)22-12-15-25(36-2)26(18-22)37-3/h5-15,18,24H,4,16-17,19H2,1-3H3,(H,30,35). The molecule has 3 aromatic carbocycles. The van der Waals surface area contributed by atoms with E-state index in [1.54, 1.807) is 66.3 Å². The summed E-state index contributed by atoms with van der Waals surface area (Å²) < 4.78 is 15.7. The first-order valence-electron chi connectivity index (χ1n) is 12.4. The Balaban J connectivity index is 1.51. The third kappa shape index (κ3) is 5.88. The van der Waals surface area contributed by atoms with Crippen LogP contribution in [0.25, 0.3) is 0 Å². The zero-order chi connectivity index (χ0) is 27.1. The molecular formula is C29H31N3O6.